The Bertz CT molecular complexity index is 1620. The molecule has 0 aromatic heterocycles. The lowest BCUT2D eigenvalue weighted by atomic mass is 9.79. The fourth-order valence-electron chi connectivity index (χ4n) is 13.8. The lowest BCUT2D eigenvalue weighted by Crippen LogP contribution is -2.62. The van der Waals surface area contributed by atoms with E-state index in [0.29, 0.717) is 26.2 Å². The summed E-state index contributed by atoms with van der Waals surface area (Å²) in [7, 11) is 0. The van der Waals surface area contributed by atoms with Crippen LogP contribution in [-0.2, 0) is 38.1 Å². The Kier molecular flexibility index (Phi) is 19.1. The monoisotopic (exact) mass is 1040 g/mol. The van der Waals surface area contributed by atoms with Crippen LogP contribution in [0.25, 0.3) is 0 Å². The quantitative estimate of drug-likeness (QED) is 0.0595. The van der Waals surface area contributed by atoms with Crippen molar-refractivity contribution >= 4 is 74.4 Å². The molecule has 69 heavy (non-hydrogen) atoms. The summed E-state index contributed by atoms with van der Waals surface area (Å²) in [4.78, 5) is 66.8. The molecule has 0 aromatic carbocycles. The van der Waals surface area contributed by atoms with Crippen molar-refractivity contribution in [2.75, 3.05) is 32.8 Å². The molecule has 0 spiro atoms. The Morgan fingerprint density at radius 2 is 0.580 bits per heavy atom. The van der Waals surface area contributed by atoms with E-state index in [-0.39, 0.29) is 97.6 Å². The Hall–Kier alpha value is -0.880. The second kappa shape index (κ2) is 21.8. The van der Waals surface area contributed by atoms with Gasteiger partial charge in [-0.25, -0.2) is 0 Å². The standard InChI is InChI=1S/C53H96N4O8S4/c1-44(2,35-62-40(58)19-23-54-45(3,4)27-36(66)28-46(54,5)6)53(63-41(59)20-24-55-47(7,8)29-37(67)30-48(55,9)10,64-42(60)21-25-56-49(11,12)31-38(68)32-50(56,13)14)65-43(61)22-26-57-51(15,16)33-39(69)34-52(57,17)18/h36-39,66-69H,19-35H2,1-18H3. The normalized spacial score (nSPS) is 25.7. The van der Waals surface area contributed by atoms with E-state index in [1.54, 1.807) is 13.8 Å². The summed E-state index contributed by atoms with van der Waals surface area (Å²) >= 11 is 19.4. The number of likely N-dealkylation sites (tertiary alicyclic amines) is 4. The van der Waals surface area contributed by atoms with Gasteiger partial charge in [-0.1, -0.05) is 0 Å². The molecule has 12 nitrogen and oxygen atoms in total. The van der Waals surface area contributed by atoms with Gasteiger partial charge in [-0.3, -0.25) is 38.8 Å². The highest BCUT2D eigenvalue weighted by molar-refractivity contribution is 7.81. The Labute approximate surface area is 440 Å². The molecular weight excluding hydrogens is 949 g/mol. The molecule has 0 atom stereocenters. The van der Waals surface area contributed by atoms with Crippen molar-refractivity contribution in [3.05, 3.63) is 0 Å². The van der Waals surface area contributed by atoms with Crippen molar-refractivity contribution in [2.24, 2.45) is 5.41 Å². The third-order valence-electron chi connectivity index (χ3n) is 16.1. The molecule has 0 radical (unpaired) electrons. The van der Waals surface area contributed by atoms with Crippen LogP contribution in [0.15, 0.2) is 0 Å². The number of hydrogen-bond acceptors (Lipinski definition) is 16. The predicted octanol–water partition coefficient (Wildman–Crippen LogP) is 10.2. The van der Waals surface area contributed by atoms with Crippen LogP contribution in [0.3, 0.4) is 0 Å². The van der Waals surface area contributed by atoms with Crippen molar-refractivity contribution in [1.29, 1.82) is 0 Å². The lowest BCUT2D eigenvalue weighted by Gasteiger charge is -2.55. The minimum atomic E-state index is -2.60. The molecule has 0 unspecified atom stereocenters. The van der Waals surface area contributed by atoms with Gasteiger partial charge < -0.3 is 18.9 Å². The van der Waals surface area contributed by atoms with E-state index in [9.17, 15) is 19.2 Å². The van der Waals surface area contributed by atoms with Gasteiger partial charge in [0.05, 0.1) is 25.7 Å². The molecule has 16 heteroatoms. The second-order valence-corrected chi connectivity index (χ2v) is 29.8. The zero-order valence-corrected chi connectivity index (χ0v) is 49.8. The van der Waals surface area contributed by atoms with Crippen molar-refractivity contribution in [3.8, 4) is 0 Å². The maximum atomic E-state index is 14.6. The van der Waals surface area contributed by atoms with Crippen molar-refractivity contribution in [3.63, 3.8) is 0 Å². The highest BCUT2D eigenvalue weighted by Gasteiger charge is 2.59. The van der Waals surface area contributed by atoms with E-state index in [2.05, 4.69) is 130 Å². The fourth-order valence-corrected chi connectivity index (χ4v) is 17.4. The third-order valence-corrected chi connectivity index (χ3v) is 17.5. The maximum Gasteiger partial charge on any atom is 0.432 e. The molecular formula is C53H96N4O8S4. The van der Waals surface area contributed by atoms with Crippen LogP contribution in [0.5, 0.6) is 0 Å². The second-order valence-electron chi connectivity index (χ2n) is 26.9. The molecule has 400 valence electrons. The zero-order valence-electron chi connectivity index (χ0n) is 46.2. The van der Waals surface area contributed by atoms with Gasteiger partial charge in [-0.2, -0.15) is 50.5 Å². The molecule has 0 aromatic rings. The summed E-state index contributed by atoms with van der Waals surface area (Å²) < 4.78 is 25.3. The number of hydrogen-bond donors (Lipinski definition) is 4. The Morgan fingerprint density at radius 1 is 0.391 bits per heavy atom. The maximum absolute atomic E-state index is 14.6. The summed E-state index contributed by atoms with van der Waals surface area (Å²) in [6.07, 6.45) is 6.53. The number of carbonyl (C=O) groups is 4. The number of thiol groups is 4. The van der Waals surface area contributed by atoms with Crippen LogP contribution >= 0.6 is 50.5 Å². The number of carbonyl (C=O) groups excluding carboxylic acids is 4. The Morgan fingerprint density at radius 3 is 0.783 bits per heavy atom. The first-order chi connectivity index (χ1) is 31.1. The van der Waals surface area contributed by atoms with Crippen LogP contribution < -0.4 is 0 Å². The average Bonchev–Trinajstić information content (AvgIpc) is 3.09. The van der Waals surface area contributed by atoms with Gasteiger partial charge in [-0.05, 0) is 176 Å². The van der Waals surface area contributed by atoms with E-state index in [1.165, 1.54) is 0 Å². The molecule has 0 bridgehead atoms. The number of piperidine rings is 4. The lowest BCUT2D eigenvalue weighted by molar-refractivity contribution is -0.377. The Balaban J connectivity index is 1.71. The van der Waals surface area contributed by atoms with E-state index >= 15 is 0 Å². The zero-order chi connectivity index (χ0) is 52.8. The fraction of sp³-hybridized carbons (Fsp3) is 0.925. The summed E-state index contributed by atoms with van der Waals surface area (Å²) in [5.74, 6) is -5.24. The van der Waals surface area contributed by atoms with Crippen molar-refractivity contribution in [1.82, 2.24) is 19.6 Å². The molecule has 0 saturated carbocycles. The van der Waals surface area contributed by atoms with E-state index in [4.69, 9.17) is 69.5 Å². The average molecular weight is 1050 g/mol. The van der Waals surface area contributed by atoms with E-state index < -0.39 is 35.3 Å². The highest BCUT2D eigenvalue weighted by Crippen LogP contribution is 2.45. The van der Waals surface area contributed by atoms with E-state index in [0.717, 1.165) is 51.4 Å². The molecule has 4 heterocycles. The largest absolute Gasteiger partial charge is 0.465 e. The van der Waals surface area contributed by atoms with Crippen LogP contribution in [0.2, 0.25) is 0 Å². The highest BCUT2D eigenvalue weighted by atomic mass is 32.1. The predicted molar refractivity (Wildman–Crippen MR) is 292 cm³/mol. The molecule has 4 aliphatic heterocycles. The summed E-state index contributed by atoms with van der Waals surface area (Å²) in [5, 5.41) is 0.849. The molecule has 4 aliphatic rings. The number of rotatable bonds is 18. The van der Waals surface area contributed by atoms with Gasteiger partial charge in [0, 0.05) is 91.5 Å². The van der Waals surface area contributed by atoms with Gasteiger partial charge in [0.1, 0.15) is 12.0 Å². The summed E-state index contributed by atoms with van der Waals surface area (Å²) in [6, 6.07) is 0. The number of esters is 4. The van der Waals surface area contributed by atoms with Crippen LogP contribution in [-0.4, -0.2) is 148 Å². The van der Waals surface area contributed by atoms with Gasteiger partial charge in [0.2, 0.25) is 0 Å². The van der Waals surface area contributed by atoms with Crippen LogP contribution in [0.1, 0.15) is 202 Å². The minimum absolute atomic E-state index is 0.0875. The van der Waals surface area contributed by atoms with Crippen molar-refractivity contribution < 1.29 is 38.1 Å². The SMILES string of the molecule is CC1(C)CC(S)CC(C)(C)N1CCC(=O)OCC(C)(C)C(OC(=O)CCN1C(C)(C)CC(S)CC1(C)C)(OC(=O)CCN1C(C)(C)CC(S)CC1(C)C)OC(=O)CCN1C(C)(C)CC(S)CC1(C)C. The van der Waals surface area contributed by atoms with Gasteiger partial charge in [-0.15, -0.1) is 0 Å². The molecule has 0 amide bonds. The summed E-state index contributed by atoms with van der Waals surface area (Å²) in [5.41, 5.74) is -3.67. The molecule has 0 aliphatic carbocycles. The molecule has 0 N–H and O–H groups in total. The molecule has 4 rings (SSSR count). The van der Waals surface area contributed by atoms with Crippen molar-refractivity contribution in [2.45, 2.75) is 273 Å². The van der Waals surface area contributed by atoms with Gasteiger partial charge in [0.15, 0.2) is 0 Å². The van der Waals surface area contributed by atoms with Gasteiger partial charge in [0.25, 0.3) is 0 Å². The molecule has 4 saturated heterocycles. The van der Waals surface area contributed by atoms with Crippen LogP contribution in [0.4, 0.5) is 0 Å². The first-order valence-electron chi connectivity index (χ1n) is 25.7. The first-order valence-corrected chi connectivity index (χ1v) is 27.8. The minimum Gasteiger partial charge on any atom is -0.465 e. The third kappa shape index (κ3) is 15.1. The van der Waals surface area contributed by atoms with Crippen LogP contribution in [0, 0.1) is 5.41 Å². The topological polar surface area (TPSA) is 118 Å². The van der Waals surface area contributed by atoms with E-state index in [1.807, 2.05) is 0 Å². The number of nitrogens with zero attached hydrogens (tertiary/aromatic N) is 4. The number of ether oxygens (including phenoxy) is 4. The smallest absolute Gasteiger partial charge is 0.432 e. The summed E-state index contributed by atoms with van der Waals surface area (Å²) in [6.45, 7) is 38.9. The first kappa shape index (κ1) is 60.7. The van der Waals surface area contributed by atoms with Gasteiger partial charge >= 0.3 is 29.9 Å². The molecule has 4 fully saturated rings.